The van der Waals surface area contributed by atoms with Crippen molar-refractivity contribution in [3.63, 3.8) is 0 Å². The smallest absolute Gasteiger partial charge is 0.342 e. The van der Waals surface area contributed by atoms with E-state index in [1.807, 2.05) is 0 Å². The van der Waals surface area contributed by atoms with Crippen LogP contribution in [0.15, 0.2) is 36.4 Å². The van der Waals surface area contributed by atoms with Gasteiger partial charge in [-0.05, 0) is 43.7 Å². The molecule has 0 fully saturated rings. The zero-order valence-corrected chi connectivity index (χ0v) is 13.7. The molecule has 0 radical (unpaired) electrons. The molecule has 7 heteroatoms. The summed E-state index contributed by atoms with van der Waals surface area (Å²) in [6.07, 6.45) is -1.14. The number of esters is 1. The summed E-state index contributed by atoms with van der Waals surface area (Å²) < 4.78 is 18.0. The van der Waals surface area contributed by atoms with Crippen LogP contribution in [0, 0.1) is 12.7 Å². The molecule has 0 aromatic heterocycles. The molecule has 126 valence electrons. The summed E-state index contributed by atoms with van der Waals surface area (Å²) in [7, 11) is 0. The van der Waals surface area contributed by atoms with Gasteiger partial charge in [0.05, 0.1) is 10.7 Å². The molecule has 24 heavy (non-hydrogen) atoms. The number of phenols is 1. The van der Waals surface area contributed by atoms with Crippen LogP contribution in [0.1, 0.15) is 22.8 Å². The molecule has 0 bridgehead atoms. The molecule has 0 spiro atoms. The summed E-state index contributed by atoms with van der Waals surface area (Å²) >= 11 is 5.82. The lowest BCUT2D eigenvalue weighted by Gasteiger charge is -2.15. The van der Waals surface area contributed by atoms with Crippen LogP contribution < -0.4 is 5.32 Å². The van der Waals surface area contributed by atoms with Gasteiger partial charge >= 0.3 is 5.97 Å². The molecule has 0 heterocycles. The van der Waals surface area contributed by atoms with Crippen molar-refractivity contribution in [2.75, 3.05) is 5.32 Å². The number of rotatable bonds is 4. The average molecular weight is 352 g/mol. The van der Waals surface area contributed by atoms with Gasteiger partial charge in [0, 0.05) is 0 Å². The number of aromatic hydroxyl groups is 1. The SMILES string of the molecule is Cc1cccc(C(=O)OC(C)C(=O)Nc2ccc(F)cc2Cl)c1O. The maximum atomic E-state index is 13.0. The van der Waals surface area contributed by atoms with Crippen molar-refractivity contribution in [2.45, 2.75) is 20.0 Å². The van der Waals surface area contributed by atoms with Crippen molar-refractivity contribution < 1.29 is 23.8 Å². The van der Waals surface area contributed by atoms with E-state index in [1.165, 1.54) is 19.1 Å². The number of phenolic OH excluding ortho intramolecular Hbond substituents is 1. The second-order valence-corrected chi connectivity index (χ2v) is 5.54. The summed E-state index contributed by atoms with van der Waals surface area (Å²) in [5.74, 6) is -2.20. The Kier molecular flexibility index (Phi) is 5.41. The molecule has 0 aliphatic rings. The van der Waals surface area contributed by atoms with Gasteiger partial charge < -0.3 is 15.2 Å². The highest BCUT2D eigenvalue weighted by Crippen LogP contribution is 2.24. The molecule has 2 aromatic carbocycles. The normalized spacial score (nSPS) is 11.7. The molecule has 0 saturated carbocycles. The standard InChI is InChI=1S/C17H15ClFNO4/c1-9-4-3-5-12(15(9)21)17(23)24-10(2)16(22)20-14-7-6-11(19)8-13(14)18/h3-8,10,21H,1-2H3,(H,20,22). The Bertz CT molecular complexity index is 794. The Hall–Kier alpha value is -2.60. The van der Waals surface area contributed by atoms with Crippen LogP contribution in [0.3, 0.4) is 0 Å². The lowest BCUT2D eigenvalue weighted by molar-refractivity contribution is -0.123. The van der Waals surface area contributed by atoms with Crippen molar-refractivity contribution in [3.05, 3.63) is 58.4 Å². The van der Waals surface area contributed by atoms with Crippen molar-refractivity contribution in [2.24, 2.45) is 0 Å². The van der Waals surface area contributed by atoms with Crippen molar-refractivity contribution in [3.8, 4) is 5.75 Å². The molecule has 0 aliphatic heterocycles. The number of amides is 1. The molecule has 0 aliphatic carbocycles. The van der Waals surface area contributed by atoms with Crippen molar-refractivity contribution in [1.82, 2.24) is 0 Å². The average Bonchev–Trinajstić information content (AvgIpc) is 2.52. The number of ether oxygens (including phenoxy) is 1. The number of anilines is 1. The first-order valence-corrected chi connectivity index (χ1v) is 7.43. The van der Waals surface area contributed by atoms with Crippen LogP contribution in [-0.4, -0.2) is 23.1 Å². The van der Waals surface area contributed by atoms with Crippen molar-refractivity contribution in [1.29, 1.82) is 0 Å². The van der Waals surface area contributed by atoms with Crippen molar-refractivity contribution >= 4 is 29.2 Å². The molecule has 1 amide bonds. The van der Waals surface area contributed by atoms with Crippen LogP contribution in [-0.2, 0) is 9.53 Å². The third-order valence-electron chi connectivity index (χ3n) is 3.30. The second-order valence-electron chi connectivity index (χ2n) is 5.13. The molecule has 2 N–H and O–H groups in total. The van der Waals surface area contributed by atoms with E-state index in [1.54, 1.807) is 19.1 Å². The van der Waals surface area contributed by atoms with E-state index >= 15 is 0 Å². The lowest BCUT2D eigenvalue weighted by Crippen LogP contribution is -2.30. The molecular formula is C17H15ClFNO4. The first kappa shape index (κ1) is 17.7. The summed E-state index contributed by atoms with van der Waals surface area (Å²) in [5, 5.41) is 12.3. The van der Waals surface area contributed by atoms with E-state index in [-0.39, 0.29) is 22.0 Å². The minimum Gasteiger partial charge on any atom is -0.507 e. The molecule has 2 rings (SSSR count). The minimum atomic E-state index is -1.14. The number of para-hydroxylation sites is 1. The van der Waals surface area contributed by atoms with Crippen LogP contribution in [0.5, 0.6) is 5.75 Å². The monoisotopic (exact) mass is 351 g/mol. The molecule has 5 nitrogen and oxygen atoms in total. The van der Waals surface area contributed by atoms with E-state index in [2.05, 4.69) is 5.32 Å². The Morgan fingerprint density at radius 2 is 2.00 bits per heavy atom. The van der Waals surface area contributed by atoms with Crippen LogP contribution in [0.25, 0.3) is 0 Å². The number of aryl methyl sites for hydroxylation is 1. The molecule has 1 unspecified atom stereocenters. The fourth-order valence-electron chi connectivity index (χ4n) is 1.93. The number of carbonyl (C=O) groups excluding carboxylic acids is 2. The third-order valence-corrected chi connectivity index (χ3v) is 3.61. The summed E-state index contributed by atoms with van der Waals surface area (Å²) in [4.78, 5) is 24.1. The molecule has 1 atom stereocenters. The fraction of sp³-hybridized carbons (Fsp3) is 0.176. The molecule has 2 aromatic rings. The lowest BCUT2D eigenvalue weighted by atomic mass is 10.1. The fourth-order valence-corrected chi connectivity index (χ4v) is 2.14. The van der Waals surface area contributed by atoms with Crippen LogP contribution in [0.4, 0.5) is 10.1 Å². The maximum absolute atomic E-state index is 13.0. The number of benzene rings is 2. The molecule has 0 saturated heterocycles. The third kappa shape index (κ3) is 4.02. The van der Waals surface area contributed by atoms with Gasteiger partial charge in [-0.1, -0.05) is 23.7 Å². The van der Waals surface area contributed by atoms with Crippen LogP contribution in [0.2, 0.25) is 5.02 Å². The highest BCUT2D eigenvalue weighted by atomic mass is 35.5. The van der Waals surface area contributed by atoms with Gasteiger partial charge in [0.15, 0.2) is 6.10 Å². The van der Waals surface area contributed by atoms with Crippen LogP contribution >= 0.6 is 11.6 Å². The van der Waals surface area contributed by atoms with Gasteiger partial charge in [-0.3, -0.25) is 4.79 Å². The van der Waals surface area contributed by atoms with Gasteiger partial charge in [0.2, 0.25) is 0 Å². The number of carbonyl (C=O) groups is 2. The van der Waals surface area contributed by atoms with Gasteiger partial charge in [-0.15, -0.1) is 0 Å². The quantitative estimate of drug-likeness (QED) is 0.824. The molecular weight excluding hydrogens is 337 g/mol. The first-order valence-electron chi connectivity index (χ1n) is 7.05. The Labute approximate surface area is 143 Å². The number of nitrogens with one attached hydrogen (secondary N) is 1. The van der Waals surface area contributed by atoms with E-state index in [9.17, 15) is 19.1 Å². The topological polar surface area (TPSA) is 75.6 Å². The summed E-state index contributed by atoms with van der Waals surface area (Å²) in [6, 6.07) is 8.12. The van der Waals surface area contributed by atoms with E-state index in [0.717, 1.165) is 12.1 Å². The number of hydrogen-bond acceptors (Lipinski definition) is 4. The van der Waals surface area contributed by atoms with E-state index in [4.69, 9.17) is 16.3 Å². The minimum absolute atomic E-state index is 0.0261. The largest absolute Gasteiger partial charge is 0.507 e. The zero-order valence-electron chi connectivity index (χ0n) is 13.0. The highest BCUT2D eigenvalue weighted by molar-refractivity contribution is 6.33. The number of hydrogen-bond donors (Lipinski definition) is 2. The predicted molar refractivity (Wildman–Crippen MR) is 87.8 cm³/mol. The summed E-state index contributed by atoms with van der Waals surface area (Å²) in [6.45, 7) is 3.01. The van der Waals surface area contributed by atoms with Gasteiger partial charge in [-0.25, -0.2) is 9.18 Å². The van der Waals surface area contributed by atoms with E-state index in [0.29, 0.717) is 5.56 Å². The second kappa shape index (κ2) is 7.31. The zero-order chi connectivity index (χ0) is 17.9. The summed E-state index contributed by atoms with van der Waals surface area (Å²) in [5.41, 5.74) is 0.679. The Morgan fingerprint density at radius 1 is 1.29 bits per heavy atom. The van der Waals surface area contributed by atoms with Gasteiger partial charge in [0.1, 0.15) is 17.1 Å². The van der Waals surface area contributed by atoms with E-state index < -0.39 is 23.8 Å². The first-order chi connectivity index (χ1) is 11.3. The Balaban J connectivity index is 2.06. The van der Waals surface area contributed by atoms with Gasteiger partial charge in [-0.2, -0.15) is 0 Å². The number of halogens is 2. The Morgan fingerprint density at radius 3 is 2.67 bits per heavy atom. The highest BCUT2D eigenvalue weighted by Gasteiger charge is 2.22. The maximum Gasteiger partial charge on any atom is 0.342 e. The predicted octanol–water partition coefficient (Wildman–Crippen LogP) is 3.68. The van der Waals surface area contributed by atoms with Gasteiger partial charge in [0.25, 0.3) is 5.91 Å².